The van der Waals surface area contributed by atoms with Crippen LogP contribution in [0.2, 0.25) is 0 Å². The maximum atomic E-state index is 4.57. The van der Waals surface area contributed by atoms with Gasteiger partial charge in [-0.15, -0.1) is 0 Å². The molecule has 1 unspecified atom stereocenters. The van der Waals surface area contributed by atoms with Crippen molar-refractivity contribution in [3.8, 4) is 0 Å². The highest BCUT2D eigenvalue weighted by Gasteiger charge is 2.19. The van der Waals surface area contributed by atoms with Crippen molar-refractivity contribution in [3.63, 3.8) is 0 Å². The molecule has 1 aromatic rings. The third-order valence-electron chi connectivity index (χ3n) is 3.01. The van der Waals surface area contributed by atoms with Crippen LogP contribution in [0.15, 0.2) is 0 Å². The molecule has 0 radical (unpaired) electrons. The second-order valence-electron chi connectivity index (χ2n) is 4.74. The molecular weight excluding hydrogens is 202 g/mol. The summed E-state index contributed by atoms with van der Waals surface area (Å²) in [7, 11) is 4.14. The van der Waals surface area contributed by atoms with Gasteiger partial charge in [0, 0.05) is 25.4 Å². The summed E-state index contributed by atoms with van der Waals surface area (Å²) in [6, 6.07) is 0. The average Bonchev–Trinajstić information content (AvgIpc) is 2.76. The molecule has 1 aliphatic heterocycles. The van der Waals surface area contributed by atoms with E-state index in [1.165, 1.54) is 12.8 Å². The number of aromatic amines is 1. The van der Waals surface area contributed by atoms with Crippen molar-refractivity contribution in [1.82, 2.24) is 25.4 Å². The number of aromatic nitrogens is 3. The van der Waals surface area contributed by atoms with E-state index in [1.807, 2.05) is 0 Å². The van der Waals surface area contributed by atoms with Crippen LogP contribution < -0.4 is 5.32 Å². The lowest BCUT2D eigenvalue weighted by Crippen LogP contribution is -2.29. The molecule has 2 rings (SSSR count). The van der Waals surface area contributed by atoms with Gasteiger partial charge in [-0.2, -0.15) is 5.10 Å². The molecule has 0 aromatic carbocycles. The molecule has 1 aliphatic rings. The van der Waals surface area contributed by atoms with Crippen LogP contribution in [0.5, 0.6) is 0 Å². The van der Waals surface area contributed by atoms with Crippen molar-refractivity contribution in [1.29, 1.82) is 0 Å². The van der Waals surface area contributed by atoms with Crippen molar-refractivity contribution >= 4 is 0 Å². The topological polar surface area (TPSA) is 56.8 Å². The largest absolute Gasteiger partial charge is 0.316 e. The van der Waals surface area contributed by atoms with E-state index in [4.69, 9.17) is 0 Å². The van der Waals surface area contributed by atoms with E-state index < -0.39 is 0 Å². The van der Waals surface area contributed by atoms with Crippen molar-refractivity contribution in [2.24, 2.45) is 0 Å². The Morgan fingerprint density at radius 1 is 1.44 bits per heavy atom. The first-order valence-electron chi connectivity index (χ1n) is 6.02. The summed E-state index contributed by atoms with van der Waals surface area (Å²) in [6.45, 7) is 3.16. The summed E-state index contributed by atoms with van der Waals surface area (Å²) in [4.78, 5) is 6.73. The number of hydrogen-bond donors (Lipinski definition) is 2. The lowest BCUT2D eigenvalue weighted by atomic mass is 9.99. The number of piperidine rings is 1. The van der Waals surface area contributed by atoms with Crippen LogP contribution >= 0.6 is 0 Å². The number of nitrogens with one attached hydrogen (secondary N) is 2. The average molecular weight is 223 g/mol. The van der Waals surface area contributed by atoms with Gasteiger partial charge in [0.2, 0.25) is 0 Å². The molecular formula is C11H21N5. The third-order valence-corrected chi connectivity index (χ3v) is 3.01. The van der Waals surface area contributed by atoms with Gasteiger partial charge in [-0.1, -0.05) is 0 Å². The van der Waals surface area contributed by atoms with E-state index in [0.29, 0.717) is 5.92 Å². The minimum Gasteiger partial charge on any atom is -0.316 e. The predicted octanol–water partition coefficient (Wildman–Crippen LogP) is 0.376. The van der Waals surface area contributed by atoms with Crippen molar-refractivity contribution < 1.29 is 0 Å². The van der Waals surface area contributed by atoms with Crippen LogP contribution in [-0.2, 0) is 6.42 Å². The van der Waals surface area contributed by atoms with Gasteiger partial charge in [0.15, 0.2) is 5.82 Å². The van der Waals surface area contributed by atoms with E-state index in [-0.39, 0.29) is 0 Å². The summed E-state index contributed by atoms with van der Waals surface area (Å²) in [5.74, 6) is 2.49. The molecule has 5 nitrogen and oxygen atoms in total. The predicted molar refractivity (Wildman–Crippen MR) is 63.5 cm³/mol. The fraction of sp³-hybridized carbons (Fsp3) is 0.818. The van der Waals surface area contributed by atoms with E-state index in [2.05, 4.69) is 39.5 Å². The molecule has 0 saturated carbocycles. The molecule has 1 aromatic heterocycles. The summed E-state index contributed by atoms with van der Waals surface area (Å²) in [5, 5.41) is 10.8. The molecule has 0 amide bonds. The first-order chi connectivity index (χ1) is 7.75. The molecule has 1 saturated heterocycles. The van der Waals surface area contributed by atoms with Gasteiger partial charge < -0.3 is 10.2 Å². The van der Waals surface area contributed by atoms with Crippen molar-refractivity contribution in [3.05, 3.63) is 11.6 Å². The number of H-pyrrole nitrogens is 1. The SMILES string of the molecule is CN(C)CCc1nc(C2CCCNC2)n[nH]1. The van der Waals surface area contributed by atoms with Crippen LogP contribution in [0.3, 0.4) is 0 Å². The van der Waals surface area contributed by atoms with Gasteiger partial charge in [0.25, 0.3) is 0 Å². The van der Waals surface area contributed by atoms with E-state index >= 15 is 0 Å². The second kappa shape index (κ2) is 5.41. The minimum absolute atomic E-state index is 0.498. The maximum absolute atomic E-state index is 4.57. The molecule has 0 bridgehead atoms. The van der Waals surface area contributed by atoms with Crippen molar-refractivity contribution in [2.75, 3.05) is 33.7 Å². The van der Waals surface area contributed by atoms with Crippen molar-refractivity contribution in [2.45, 2.75) is 25.2 Å². The molecule has 2 N–H and O–H groups in total. The van der Waals surface area contributed by atoms with E-state index in [1.54, 1.807) is 0 Å². The first kappa shape index (κ1) is 11.5. The summed E-state index contributed by atoms with van der Waals surface area (Å²) in [5.41, 5.74) is 0. The molecule has 1 fully saturated rings. The van der Waals surface area contributed by atoms with Crippen LogP contribution in [0, 0.1) is 0 Å². The standard InChI is InChI=1S/C11H21N5/c1-16(2)7-5-10-13-11(15-14-10)9-4-3-6-12-8-9/h9,12H,3-8H2,1-2H3,(H,13,14,15). The second-order valence-corrected chi connectivity index (χ2v) is 4.74. The summed E-state index contributed by atoms with van der Waals surface area (Å²) in [6.07, 6.45) is 3.38. The third kappa shape index (κ3) is 3.02. The number of hydrogen-bond acceptors (Lipinski definition) is 4. The lowest BCUT2D eigenvalue weighted by Gasteiger charge is -2.19. The Hall–Kier alpha value is -0.940. The molecule has 5 heteroatoms. The molecule has 2 heterocycles. The number of rotatable bonds is 4. The zero-order valence-electron chi connectivity index (χ0n) is 10.2. The fourth-order valence-corrected chi connectivity index (χ4v) is 2.01. The highest BCUT2D eigenvalue weighted by atomic mass is 15.2. The van der Waals surface area contributed by atoms with Gasteiger partial charge >= 0.3 is 0 Å². The zero-order chi connectivity index (χ0) is 11.4. The summed E-state index contributed by atoms with van der Waals surface area (Å²) < 4.78 is 0. The van der Waals surface area contributed by atoms with Crippen LogP contribution in [-0.4, -0.2) is 53.8 Å². The Morgan fingerprint density at radius 3 is 3.00 bits per heavy atom. The Balaban J connectivity index is 1.90. The Morgan fingerprint density at radius 2 is 2.31 bits per heavy atom. The summed E-state index contributed by atoms with van der Waals surface area (Å²) >= 11 is 0. The number of likely N-dealkylation sites (N-methyl/N-ethyl adjacent to an activating group) is 1. The molecule has 0 aliphatic carbocycles. The van der Waals surface area contributed by atoms with Gasteiger partial charge in [-0.05, 0) is 33.5 Å². The molecule has 0 spiro atoms. The molecule has 16 heavy (non-hydrogen) atoms. The molecule has 90 valence electrons. The van der Waals surface area contributed by atoms with Gasteiger partial charge in [0.05, 0.1) is 0 Å². The Bertz CT molecular complexity index is 314. The first-order valence-corrected chi connectivity index (χ1v) is 6.02. The Kier molecular flexibility index (Phi) is 3.90. The van der Waals surface area contributed by atoms with E-state index in [0.717, 1.165) is 37.7 Å². The minimum atomic E-state index is 0.498. The monoisotopic (exact) mass is 223 g/mol. The van der Waals surface area contributed by atoms with Crippen LogP contribution in [0.1, 0.15) is 30.4 Å². The highest BCUT2D eigenvalue weighted by Crippen LogP contribution is 2.19. The maximum Gasteiger partial charge on any atom is 0.155 e. The molecule has 1 atom stereocenters. The highest BCUT2D eigenvalue weighted by molar-refractivity contribution is 5.00. The zero-order valence-corrected chi connectivity index (χ0v) is 10.2. The van der Waals surface area contributed by atoms with Crippen LogP contribution in [0.25, 0.3) is 0 Å². The Labute approximate surface area is 96.6 Å². The lowest BCUT2D eigenvalue weighted by molar-refractivity contribution is 0.409. The fourth-order valence-electron chi connectivity index (χ4n) is 2.01. The van der Waals surface area contributed by atoms with Gasteiger partial charge in [0.1, 0.15) is 5.82 Å². The smallest absolute Gasteiger partial charge is 0.155 e. The van der Waals surface area contributed by atoms with E-state index in [9.17, 15) is 0 Å². The quantitative estimate of drug-likeness (QED) is 0.774. The van der Waals surface area contributed by atoms with Gasteiger partial charge in [-0.3, -0.25) is 5.10 Å². The normalized spacial score (nSPS) is 21.6. The number of nitrogens with zero attached hydrogens (tertiary/aromatic N) is 3. The van der Waals surface area contributed by atoms with Gasteiger partial charge in [-0.25, -0.2) is 4.98 Å². The van der Waals surface area contributed by atoms with Crippen LogP contribution in [0.4, 0.5) is 0 Å².